The first kappa shape index (κ1) is 20.0. The summed E-state index contributed by atoms with van der Waals surface area (Å²) in [5.74, 6) is -0.221. The molecule has 1 aromatic carbocycles. The maximum absolute atomic E-state index is 12.1. The summed E-state index contributed by atoms with van der Waals surface area (Å²) < 4.78 is 2.16. The number of hydrogen-bond acceptors (Lipinski definition) is 6. The SMILES string of the molecule is NCc1cc(-c2ccc[nH]c2=O)ccc1-n1cc(CNC(=O)c2ccc(Cl)s2)nn1. The number of rotatable bonds is 6. The van der Waals surface area contributed by atoms with Crippen LogP contribution in [-0.4, -0.2) is 25.9 Å². The minimum atomic E-state index is -0.221. The quantitative estimate of drug-likeness (QED) is 0.426. The first-order valence-electron chi connectivity index (χ1n) is 9.01. The van der Waals surface area contributed by atoms with Crippen molar-refractivity contribution in [1.82, 2.24) is 25.3 Å². The lowest BCUT2D eigenvalue weighted by Gasteiger charge is -2.10. The summed E-state index contributed by atoms with van der Waals surface area (Å²) in [6.07, 6.45) is 3.32. The molecule has 0 bridgehead atoms. The Labute approximate surface area is 180 Å². The van der Waals surface area contributed by atoms with Crippen LogP contribution >= 0.6 is 22.9 Å². The van der Waals surface area contributed by atoms with Crippen LogP contribution in [0.5, 0.6) is 0 Å². The van der Waals surface area contributed by atoms with Crippen LogP contribution in [0.2, 0.25) is 4.34 Å². The molecule has 4 N–H and O–H groups in total. The monoisotopic (exact) mass is 440 g/mol. The molecule has 30 heavy (non-hydrogen) atoms. The molecule has 4 aromatic rings. The van der Waals surface area contributed by atoms with Gasteiger partial charge in [-0.25, -0.2) is 4.68 Å². The Morgan fingerprint density at radius 3 is 2.87 bits per heavy atom. The summed E-state index contributed by atoms with van der Waals surface area (Å²) in [5, 5.41) is 11.0. The van der Waals surface area contributed by atoms with Gasteiger partial charge in [-0.15, -0.1) is 16.4 Å². The normalized spacial score (nSPS) is 10.9. The van der Waals surface area contributed by atoms with Crippen molar-refractivity contribution >= 4 is 28.8 Å². The van der Waals surface area contributed by atoms with Crippen molar-refractivity contribution in [2.75, 3.05) is 0 Å². The second kappa shape index (κ2) is 8.62. The van der Waals surface area contributed by atoms with Crippen molar-refractivity contribution < 1.29 is 4.79 Å². The molecule has 0 aliphatic rings. The molecule has 0 aliphatic heterocycles. The fourth-order valence-electron chi connectivity index (χ4n) is 2.98. The van der Waals surface area contributed by atoms with Crippen molar-refractivity contribution in [1.29, 1.82) is 0 Å². The van der Waals surface area contributed by atoms with Crippen LogP contribution in [0.4, 0.5) is 0 Å². The number of halogens is 1. The Bertz CT molecular complexity index is 1260. The number of nitrogens with one attached hydrogen (secondary N) is 2. The number of nitrogens with two attached hydrogens (primary N) is 1. The topological polar surface area (TPSA) is 119 Å². The second-order valence-electron chi connectivity index (χ2n) is 6.40. The molecule has 0 atom stereocenters. The van der Waals surface area contributed by atoms with E-state index in [1.807, 2.05) is 18.2 Å². The first-order valence-corrected chi connectivity index (χ1v) is 10.2. The minimum Gasteiger partial charge on any atom is -0.346 e. The molecule has 3 aromatic heterocycles. The molecule has 0 spiro atoms. The number of thiophene rings is 1. The summed E-state index contributed by atoms with van der Waals surface area (Å²) in [7, 11) is 0. The van der Waals surface area contributed by atoms with Gasteiger partial charge in [-0.2, -0.15) is 0 Å². The fraction of sp³-hybridized carbons (Fsp3) is 0.100. The summed E-state index contributed by atoms with van der Waals surface area (Å²) >= 11 is 7.08. The van der Waals surface area contributed by atoms with Gasteiger partial charge in [-0.3, -0.25) is 9.59 Å². The Morgan fingerprint density at radius 2 is 2.13 bits per heavy atom. The van der Waals surface area contributed by atoms with E-state index in [0.29, 0.717) is 20.5 Å². The first-order chi connectivity index (χ1) is 14.5. The molecule has 0 fully saturated rings. The Morgan fingerprint density at radius 1 is 1.27 bits per heavy atom. The third-order valence-electron chi connectivity index (χ3n) is 4.44. The zero-order chi connectivity index (χ0) is 21.1. The van der Waals surface area contributed by atoms with Gasteiger partial charge in [0.2, 0.25) is 0 Å². The number of pyridine rings is 1. The van der Waals surface area contributed by atoms with E-state index in [0.717, 1.165) is 16.8 Å². The molecule has 4 rings (SSSR count). The van der Waals surface area contributed by atoms with E-state index < -0.39 is 0 Å². The third kappa shape index (κ3) is 4.18. The van der Waals surface area contributed by atoms with Gasteiger partial charge in [0.15, 0.2) is 0 Å². The molecule has 152 valence electrons. The van der Waals surface area contributed by atoms with Gasteiger partial charge in [0, 0.05) is 18.3 Å². The van der Waals surface area contributed by atoms with E-state index in [9.17, 15) is 9.59 Å². The predicted molar refractivity (Wildman–Crippen MR) is 116 cm³/mol. The predicted octanol–water partition coefficient (Wildman–Crippen LogP) is 2.73. The van der Waals surface area contributed by atoms with Gasteiger partial charge in [-0.1, -0.05) is 22.9 Å². The standard InChI is InChI=1S/C20H17ClN6O2S/c21-18-6-5-17(30-18)20(29)24-10-14-11-27(26-25-14)16-4-3-12(8-13(16)9-22)15-2-1-7-23-19(15)28/h1-8,11H,9-10,22H2,(H,23,28)(H,24,29). The molecule has 0 saturated carbocycles. The van der Waals surface area contributed by atoms with E-state index in [1.165, 1.54) is 11.3 Å². The Kier molecular flexibility index (Phi) is 5.75. The van der Waals surface area contributed by atoms with Crippen LogP contribution in [0.1, 0.15) is 20.9 Å². The summed E-state index contributed by atoms with van der Waals surface area (Å²) in [5.41, 5.74) is 9.25. The summed E-state index contributed by atoms with van der Waals surface area (Å²) in [4.78, 5) is 27.4. The largest absolute Gasteiger partial charge is 0.346 e. The van der Waals surface area contributed by atoms with Crippen LogP contribution in [0.25, 0.3) is 16.8 Å². The molecular formula is C20H17ClN6O2S. The molecule has 3 heterocycles. The van der Waals surface area contributed by atoms with E-state index in [2.05, 4.69) is 20.6 Å². The smallest absolute Gasteiger partial charge is 0.261 e. The molecule has 0 aliphatic carbocycles. The zero-order valence-corrected chi connectivity index (χ0v) is 17.2. The van der Waals surface area contributed by atoms with Gasteiger partial charge in [-0.05, 0) is 47.5 Å². The molecular weight excluding hydrogens is 424 g/mol. The summed E-state index contributed by atoms with van der Waals surface area (Å²) in [6.45, 7) is 0.489. The van der Waals surface area contributed by atoms with Gasteiger partial charge in [0.1, 0.15) is 5.69 Å². The maximum Gasteiger partial charge on any atom is 0.261 e. The highest BCUT2D eigenvalue weighted by Crippen LogP contribution is 2.23. The number of nitrogens with zero attached hydrogens (tertiary/aromatic N) is 3. The van der Waals surface area contributed by atoms with Gasteiger partial charge < -0.3 is 16.0 Å². The molecule has 0 saturated heterocycles. The van der Waals surface area contributed by atoms with Crippen molar-refractivity contribution in [3.63, 3.8) is 0 Å². The number of carbonyl (C=O) groups is 1. The zero-order valence-electron chi connectivity index (χ0n) is 15.6. The van der Waals surface area contributed by atoms with Gasteiger partial charge >= 0.3 is 0 Å². The van der Waals surface area contributed by atoms with Crippen LogP contribution < -0.4 is 16.6 Å². The molecule has 0 unspecified atom stereocenters. The number of aromatic nitrogens is 4. The average molecular weight is 441 g/mol. The van der Waals surface area contributed by atoms with Crippen molar-refractivity contribution in [2.24, 2.45) is 5.73 Å². The highest BCUT2D eigenvalue weighted by molar-refractivity contribution is 7.17. The van der Waals surface area contributed by atoms with Crippen molar-refractivity contribution in [3.8, 4) is 16.8 Å². The van der Waals surface area contributed by atoms with E-state index in [4.69, 9.17) is 17.3 Å². The number of amides is 1. The third-order valence-corrected chi connectivity index (χ3v) is 5.67. The number of H-pyrrole nitrogens is 1. The lowest BCUT2D eigenvalue weighted by atomic mass is 10.0. The van der Waals surface area contributed by atoms with Crippen LogP contribution in [0, 0.1) is 0 Å². The van der Waals surface area contributed by atoms with E-state index in [1.54, 1.807) is 41.3 Å². The minimum absolute atomic E-state index is 0.168. The van der Waals surface area contributed by atoms with Crippen LogP contribution in [-0.2, 0) is 13.1 Å². The molecule has 1 amide bonds. The molecule has 8 nitrogen and oxygen atoms in total. The summed E-state index contributed by atoms with van der Waals surface area (Å²) in [6, 6.07) is 12.4. The fourth-order valence-corrected chi connectivity index (χ4v) is 3.94. The number of hydrogen-bond donors (Lipinski definition) is 3. The molecule has 10 heteroatoms. The van der Waals surface area contributed by atoms with Crippen molar-refractivity contribution in [2.45, 2.75) is 13.1 Å². The lowest BCUT2D eigenvalue weighted by molar-refractivity contribution is 0.0954. The average Bonchev–Trinajstić information content (AvgIpc) is 3.41. The molecule has 0 radical (unpaired) electrons. The van der Waals surface area contributed by atoms with E-state index >= 15 is 0 Å². The number of aromatic amines is 1. The lowest BCUT2D eigenvalue weighted by Crippen LogP contribution is -2.21. The van der Waals surface area contributed by atoms with Gasteiger partial charge in [0.25, 0.3) is 11.5 Å². The van der Waals surface area contributed by atoms with Crippen molar-refractivity contribution in [3.05, 3.63) is 85.7 Å². The van der Waals surface area contributed by atoms with Crippen LogP contribution in [0.15, 0.2) is 59.7 Å². The van der Waals surface area contributed by atoms with Gasteiger partial charge in [0.05, 0.1) is 27.6 Å². The highest BCUT2D eigenvalue weighted by atomic mass is 35.5. The number of carbonyl (C=O) groups excluding carboxylic acids is 1. The number of benzene rings is 1. The van der Waals surface area contributed by atoms with E-state index in [-0.39, 0.29) is 24.6 Å². The Balaban J connectivity index is 1.53. The maximum atomic E-state index is 12.1. The second-order valence-corrected chi connectivity index (χ2v) is 8.12. The Hall–Kier alpha value is -3.27. The highest BCUT2D eigenvalue weighted by Gasteiger charge is 2.12. The van der Waals surface area contributed by atoms with Crippen LogP contribution in [0.3, 0.4) is 0 Å².